The maximum Gasteiger partial charge on any atom is 0.227 e. The molecular weight excluding hydrogens is 286 g/mol. The van der Waals surface area contributed by atoms with Gasteiger partial charge < -0.3 is 9.64 Å². The van der Waals surface area contributed by atoms with Gasteiger partial charge >= 0.3 is 0 Å². The average molecular weight is 309 g/mol. The van der Waals surface area contributed by atoms with E-state index in [0.29, 0.717) is 12.3 Å². The third kappa shape index (κ3) is 3.73. The van der Waals surface area contributed by atoms with E-state index >= 15 is 0 Å². The molecule has 2 aromatic rings. The number of likely N-dealkylation sites (tertiary alicyclic amines) is 1. The van der Waals surface area contributed by atoms with E-state index in [4.69, 9.17) is 4.74 Å². The smallest absolute Gasteiger partial charge is 0.227 e. The molecule has 1 amide bonds. The molecule has 0 aliphatic carbocycles. The van der Waals surface area contributed by atoms with Crippen molar-refractivity contribution in [1.82, 2.24) is 4.90 Å². The van der Waals surface area contributed by atoms with Crippen LogP contribution in [-0.4, -0.2) is 31.0 Å². The van der Waals surface area contributed by atoms with Crippen LogP contribution in [0, 0.1) is 6.92 Å². The van der Waals surface area contributed by atoms with Gasteiger partial charge in [0, 0.05) is 19.0 Å². The number of hydrogen-bond acceptors (Lipinski definition) is 2. The molecular formula is C20H23NO2. The Morgan fingerprint density at radius 1 is 1.22 bits per heavy atom. The summed E-state index contributed by atoms with van der Waals surface area (Å²) in [5.41, 5.74) is 3.59. The van der Waals surface area contributed by atoms with Crippen molar-refractivity contribution >= 4 is 5.91 Å². The summed E-state index contributed by atoms with van der Waals surface area (Å²) in [6, 6.07) is 16.4. The number of carbonyl (C=O) groups is 1. The van der Waals surface area contributed by atoms with Crippen LogP contribution in [0.5, 0.6) is 5.75 Å². The van der Waals surface area contributed by atoms with E-state index in [2.05, 4.69) is 31.2 Å². The molecule has 1 fully saturated rings. The third-order valence-electron chi connectivity index (χ3n) is 4.57. The minimum Gasteiger partial charge on any atom is -0.497 e. The van der Waals surface area contributed by atoms with Crippen molar-refractivity contribution in [1.29, 1.82) is 0 Å². The summed E-state index contributed by atoms with van der Waals surface area (Å²) >= 11 is 0. The van der Waals surface area contributed by atoms with Crippen molar-refractivity contribution < 1.29 is 9.53 Å². The Kier molecular flexibility index (Phi) is 4.65. The van der Waals surface area contributed by atoms with Gasteiger partial charge in [0.1, 0.15) is 5.75 Å². The van der Waals surface area contributed by atoms with E-state index in [1.54, 1.807) is 7.11 Å². The zero-order chi connectivity index (χ0) is 16.2. The predicted molar refractivity (Wildman–Crippen MR) is 91.8 cm³/mol. The molecule has 0 saturated carbocycles. The number of amides is 1. The summed E-state index contributed by atoms with van der Waals surface area (Å²) in [5.74, 6) is 1.54. The number of rotatable bonds is 4. The summed E-state index contributed by atoms with van der Waals surface area (Å²) in [7, 11) is 1.68. The molecule has 1 unspecified atom stereocenters. The first-order valence-electron chi connectivity index (χ1n) is 8.13. The van der Waals surface area contributed by atoms with Crippen LogP contribution in [0.25, 0.3) is 0 Å². The van der Waals surface area contributed by atoms with Crippen LogP contribution in [0.2, 0.25) is 0 Å². The van der Waals surface area contributed by atoms with Crippen LogP contribution < -0.4 is 4.74 Å². The van der Waals surface area contributed by atoms with Crippen LogP contribution in [0.15, 0.2) is 48.5 Å². The summed E-state index contributed by atoms with van der Waals surface area (Å²) in [4.78, 5) is 14.5. The SMILES string of the molecule is COc1ccc(C2CCN(C(=O)Cc3cccc(C)c3)C2)cc1. The summed E-state index contributed by atoms with van der Waals surface area (Å²) in [5, 5.41) is 0. The minimum absolute atomic E-state index is 0.228. The zero-order valence-corrected chi connectivity index (χ0v) is 13.8. The summed E-state index contributed by atoms with van der Waals surface area (Å²) < 4.78 is 5.20. The lowest BCUT2D eigenvalue weighted by molar-refractivity contribution is -0.129. The highest BCUT2D eigenvalue weighted by atomic mass is 16.5. The first kappa shape index (κ1) is 15.6. The number of methoxy groups -OCH3 is 1. The Bertz CT molecular complexity index is 678. The lowest BCUT2D eigenvalue weighted by Gasteiger charge is -2.17. The maximum atomic E-state index is 12.5. The van der Waals surface area contributed by atoms with Crippen LogP contribution in [0.3, 0.4) is 0 Å². The topological polar surface area (TPSA) is 29.5 Å². The molecule has 3 heteroatoms. The first-order valence-corrected chi connectivity index (χ1v) is 8.13. The van der Waals surface area contributed by atoms with Crippen molar-refractivity contribution in [3.05, 3.63) is 65.2 Å². The molecule has 1 aliphatic heterocycles. The van der Waals surface area contributed by atoms with Crippen LogP contribution in [-0.2, 0) is 11.2 Å². The van der Waals surface area contributed by atoms with E-state index in [1.165, 1.54) is 11.1 Å². The summed E-state index contributed by atoms with van der Waals surface area (Å²) in [6.45, 7) is 3.72. The second-order valence-corrected chi connectivity index (χ2v) is 6.26. The minimum atomic E-state index is 0.228. The van der Waals surface area contributed by atoms with Gasteiger partial charge in [0.2, 0.25) is 5.91 Å². The van der Waals surface area contributed by atoms with Gasteiger partial charge in [-0.15, -0.1) is 0 Å². The van der Waals surface area contributed by atoms with E-state index in [1.807, 2.05) is 29.2 Å². The van der Waals surface area contributed by atoms with Gasteiger partial charge in [-0.1, -0.05) is 42.0 Å². The lowest BCUT2D eigenvalue weighted by Crippen LogP contribution is -2.29. The van der Waals surface area contributed by atoms with Crippen LogP contribution in [0.1, 0.15) is 29.0 Å². The fourth-order valence-corrected chi connectivity index (χ4v) is 3.24. The molecule has 3 rings (SSSR count). The Morgan fingerprint density at radius 3 is 2.70 bits per heavy atom. The Balaban J connectivity index is 1.61. The van der Waals surface area contributed by atoms with E-state index < -0.39 is 0 Å². The normalized spacial score (nSPS) is 17.3. The molecule has 23 heavy (non-hydrogen) atoms. The molecule has 3 nitrogen and oxygen atoms in total. The van der Waals surface area contributed by atoms with Gasteiger partial charge in [-0.3, -0.25) is 4.79 Å². The van der Waals surface area contributed by atoms with E-state index in [0.717, 1.165) is 30.8 Å². The van der Waals surface area contributed by atoms with Crippen LogP contribution in [0.4, 0.5) is 0 Å². The van der Waals surface area contributed by atoms with Gasteiger partial charge in [-0.25, -0.2) is 0 Å². The molecule has 1 heterocycles. The molecule has 0 radical (unpaired) electrons. The van der Waals surface area contributed by atoms with E-state index in [9.17, 15) is 4.79 Å². The average Bonchev–Trinajstić information content (AvgIpc) is 3.05. The first-order chi connectivity index (χ1) is 11.2. The fourth-order valence-electron chi connectivity index (χ4n) is 3.24. The predicted octanol–water partition coefficient (Wildman–Crippen LogP) is 3.56. The maximum absolute atomic E-state index is 12.5. The molecule has 0 N–H and O–H groups in total. The molecule has 0 bridgehead atoms. The van der Waals surface area contributed by atoms with Crippen molar-refractivity contribution in [3.63, 3.8) is 0 Å². The van der Waals surface area contributed by atoms with Crippen molar-refractivity contribution in [2.45, 2.75) is 25.7 Å². The fraction of sp³-hybridized carbons (Fsp3) is 0.350. The molecule has 0 spiro atoms. The number of carbonyl (C=O) groups excluding carboxylic acids is 1. The Labute approximate surface area is 137 Å². The summed E-state index contributed by atoms with van der Waals surface area (Å²) in [6.07, 6.45) is 1.53. The standard InChI is InChI=1S/C20H23NO2/c1-15-4-3-5-16(12-15)13-20(22)21-11-10-18(14-21)17-6-8-19(23-2)9-7-17/h3-9,12,18H,10-11,13-14H2,1-2H3. The van der Waals surface area contributed by atoms with Gasteiger partial charge in [0.25, 0.3) is 0 Å². The lowest BCUT2D eigenvalue weighted by atomic mass is 9.98. The second-order valence-electron chi connectivity index (χ2n) is 6.26. The molecule has 1 aliphatic rings. The zero-order valence-electron chi connectivity index (χ0n) is 13.8. The largest absolute Gasteiger partial charge is 0.497 e. The molecule has 1 saturated heterocycles. The molecule has 120 valence electrons. The quantitative estimate of drug-likeness (QED) is 0.864. The number of nitrogens with zero attached hydrogens (tertiary/aromatic N) is 1. The van der Waals surface area contributed by atoms with Gasteiger partial charge in [0.05, 0.1) is 13.5 Å². The highest BCUT2D eigenvalue weighted by Crippen LogP contribution is 2.28. The van der Waals surface area contributed by atoms with Crippen molar-refractivity contribution in [2.24, 2.45) is 0 Å². The van der Waals surface area contributed by atoms with Crippen molar-refractivity contribution in [2.75, 3.05) is 20.2 Å². The highest BCUT2D eigenvalue weighted by molar-refractivity contribution is 5.79. The molecule has 2 aromatic carbocycles. The Hall–Kier alpha value is -2.29. The number of ether oxygens (including phenoxy) is 1. The molecule has 0 aromatic heterocycles. The third-order valence-corrected chi connectivity index (χ3v) is 4.57. The van der Waals surface area contributed by atoms with Gasteiger partial charge in [0.15, 0.2) is 0 Å². The highest BCUT2D eigenvalue weighted by Gasteiger charge is 2.27. The molecule has 1 atom stereocenters. The number of aryl methyl sites for hydroxylation is 1. The second kappa shape index (κ2) is 6.86. The monoisotopic (exact) mass is 309 g/mol. The van der Waals surface area contributed by atoms with Crippen molar-refractivity contribution in [3.8, 4) is 5.75 Å². The number of benzene rings is 2. The number of hydrogen-bond donors (Lipinski definition) is 0. The van der Waals surface area contributed by atoms with Crippen LogP contribution >= 0.6 is 0 Å². The van der Waals surface area contributed by atoms with Gasteiger partial charge in [-0.05, 0) is 36.6 Å². The van der Waals surface area contributed by atoms with Gasteiger partial charge in [-0.2, -0.15) is 0 Å². The van der Waals surface area contributed by atoms with E-state index in [-0.39, 0.29) is 5.91 Å². The Morgan fingerprint density at radius 2 is 2.00 bits per heavy atom.